The second kappa shape index (κ2) is 4.61. The van der Waals surface area contributed by atoms with Gasteiger partial charge in [0.05, 0.1) is 0 Å². The number of ketones is 1. The van der Waals surface area contributed by atoms with Crippen LogP contribution in [0.5, 0.6) is 0 Å². The first kappa shape index (κ1) is 11.1. The lowest BCUT2D eigenvalue weighted by Gasteiger charge is -1.94. The van der Waals surface area contributed by atoms with E-state index >= 15 is 0 Å². The second-order valence-corrected chi connectivity index (χ2v) is 3.35. The van der Waals surface area contributed by atoms with Crippen molar-refractivity contribution in [2.24, 2.45) is 0 Å². The highest BCUT2D eigenvalue weighted by Crippen LogP contribution is 2.10. The van der Waals surface area contributed by atoms with Crippen LogP contribution in [0.15, 0.2) is 40.9 Å². The fourth-order valence-corrected chi connectivity index (χ4v) is 1.35. The van der Waals surface area contributed by atoms with Gasteiger partial charge in [-0.05, 0) is 0 Å². The zero-order valence-electron chi connectivity index (χ0n) is 9.14. The predicted octanol–water partition coefficient (Wildman–Crippen LogP) is 1.27. The molecule has 0 aliphatic carbocycles. The van der Waals surface area contributed by atoms with E-state index in [2.05, 4.69) is 10.5 Å². The smallest absolute Gasteiger partial charge is 0.289 e. The molecule has 1 heterocycles. The van der Waals surface area contributed by atoms with E-state index in [4.69, 9.17) is 4.52 Å². The number of amides is 1. The Hall–Kier alpha value is -2.43. The predicted molar refractivity (Wildman–Crippen MR) is 59.8 cm³/mol. The standard InChI is InChI=1S/C12H10N2O3/c1-13-12(16)10-7-9(14-17-10)11(15)8-5-3-2-4-6-8/h2-7H,1H3,(H,13,16). The van der Waals surface area contributed by atoms with E-state index in [0.717, 1.165) is 0 Å². The third kappa shape index (κ3) is 2.23. The lowest BCUT2D eigenvalue weighted by molar-refractivity contribution is 0.0924. The van der Waals surface area contributed by atoms with E-state index in [1.165, 1.54) is 13.1 Å². The molecule has 2 rings (SSSR count). The Bertz CT molecular complexity index is 546. The van der Waals surface area contributed by atoms with Crippen molar-refractivity contribution in [3.05, 3.63) is 53.4 Å². The van der Waals surface area contributed by atoms with Crippen molar-refractivity contribution in [2.75, 3.05) is 7.05 Å². The zero-order valence-corrected chi connectivity index (χ0v) is 9.14. The lowest BCUT2D eigenvalue weighted by Crippen LogP contribution is -2.16. The maximum Gasteiger partial charge on any atom is 0.289 e. The van der Waals surface area contributed by atoms with Gasteiger partial charge in [0.2, 0.25) is 11.5 Å². The summed E-state index contributed by atoms with van der Waals surface area (Å²) < 4.78 is 4.78. The molecule has 17 heavy (non-hydrogen) atoms. The number of nitrogens with one attached hydrogen (secondary N) is 1. The Morgan fingerprint density at radius 1 is 1.24 bits per heavy atom. The molecule has 1 N–H and O–H groups in total. The molecule has 2 aromatic rings. The summed E-state index contributed by atoms with van der Waals surface area (Å²) in [6.07, 6.45) is 0. The van der Waals surface area contributed by atoms with E-state index in [0.29, 0.717) is 5.56 Å². The van der Waals surface area contributed by atoms with Gasteiger partial charge in [0.25, 0.3) is 5.91 Å². The molecule has 0 fully saturated rings. The highest BCUT2D eigenvalue weighted by atomic mass is 16.5. The Morgan fingerprint density at radius 3 is 2.59 bits per heavy atom. The molecular weight excluding hydrogens is 220 g/mol. The molecule has 0 saturated carbocycles. The number of benzene rings is 1. The van der Waals surface area contributed by atoms with Crippen LogP contribution in [0.1, 0.15) is 26.6 Å². The van der Waals surface area contributed by atoms with Crippen LogP contribution in [0.2, 0.25) is 0 Å². The van der Waals surface area contributed by atoms with Gasteiger partial charge in [-0.3, -0.25) is 9.59 Å². The van der Waals surface area contributed by atoms with Crippen LogP contribution in [-0.2, 0) is 0 Å². The first-order valence-corrected chi connectivity index (χ1v) is 5.01. The van der Waals surface area contributed by atoms with Gasteiger partial charge in [0.15, 0.2) is 5.69 Å². The Morgan fingerprint density at radius 2 is 1.94 bits per heavy atom. The monoisotopic (exact) mass is 230 g/mol. The van der Waals surface area contributed by atoms with Gasteiger partial charge in [0, 0.05) is 18.7 Å². The van der Waals surface area contributed by atoms with Crippen LogP contribution < -0.4 is 5.32 Å². The number of carbonyl (C=O) groups excluding carboxylic acids is 2. The fraction of sp³-hybridized carbons (Fsp3) is 0.0833. The third-order valence-corrected chi connectivity index (χ3v) is 2.23. The van der Waals surface area contributed by atoms with Crippen LogP contribution in [0, 0.1) is 0 Å². The van der Waals surface area contributed by atoms with Crippen molar-refractivity contribution in [1.82, 2.24) is 10.5 Å². The van der Waals surface area contributed by atoms with Crippen LogP contribution in [0.4, 0.5) is 0 Å². The minimum absolute atomic E-state index is 0.0202. The van der Waals surface area contributed by atoms with Gasteiger partial charge in [-0.2, -0.15) is 0 Å². The molecule has 5 nitrogen and oxygen atoms in total. The van der Waals surface area contributed by atoms with Gasteiger partial charge in [-0.25, -0.2) is 0 Å². The van der Waals surface area contributed by atoms with Crippen molar-refractivity contribution >= 4 is 11.7 Å². The number of nitrogens with zero attached hydrogens (tertiary/aromatic N) is 1. The topological polar surface area (TPSA) is 72.2 Å². The second-order valence-electron chi connectivity index (χ2n) is 3.35. The summed E-state index contributed by atoms with van der Waals surface area (Å²) in [5, 5.41) is 5.97. The zero-order chi connectivity index (χ0) is 12.3. The molecule has 1 aromatic carbocycles. The summed E-state index contributed by atoms with van der Waals surface area (Å²) in [6, 6.07) is 10.0. The molecule has 1 amide bonds. The summed E-state index contributed by atoms with van der Waals surface area (Å²) in [7, 11) is 1.48. The Kier molecular flexibility index (Phi) is 3.00. The molecule has 0 bridgehead atoms. The van der Waals surface area contributed by atoms with Crippen molar-refractivity contribution in [2.45, 2.75) is 0 Å². The van der Waals surface area contributed by atoms with Crippen LogP contribution in [-0.4, -0.2) is 23.9 Å². The van der Waals surface area contributed by atoms with Crippen LogP contribution in [0.3, 0.4) is 0 Å². The normalized spacial score (nSPS) is 9.94. The molecule has 0 aliphatic rings. The van der Waals surface area contributed by atoms with E-state index in [9.17, 15) is 9.59 Å². The van der Waals surface area contributed by atoms with E-state index in [1.807, 2.05) is 6.07 Å². The van der Waals surface area contributed by atoms with Crippen molar-refractivity contribution in [3.63, 3.8) is 0 Å². The number of carbonyl (C=O) groups is 2. The van der Waals surface area contributed by atoms with Crippen LogP contribution >= 0.6 is 0 Å². The molecule has 0 atom stereocenters. The highest BCUT2D eigenvalue weighted by molar-refractivity contribution is 6.08. The Balaban J connectivity index is 2.27. The number of rotatable bonds is 3. The van der Waals surface area contributed by atoms with Gasteiger partial charge in [-0.15, -0.1) is 0 Å². The molecule has 5 heteroatoms. The highest BCUT2D eigenvalue weighted by Gasteiger charge is 2.17. The molecule has 0 aliphatic heterocycles. The van der Waals surface area contributed by atoms with E-state index < -0.39 is 5.91 Å². The van der Waals surface area contributed by atoms with Gasteiger partial charge in [-0.1, -0.05) is 35.5 Å². The molecule has 0 spiro atoms. The average molecular weight is 230 g/mol. The first-order chi connectivity index (χ1) is 8.22. The van der Waals surface area contributed by atoms with Gasteiger partial charge >= 0.3 is 0 Å². The summed E-state index contributed by atoms with van der Waals surface area (Å²) in [5.41, 5.74) is 0.624. The molecule has 0 radical (unpaired) electrons. The van der Waals surface area contributed by atoms with Crippen LogP contribution in [0.25, 0.3) is 0 Å². The number of hydrogen-bond donors (Lipinski definition) is 1. The quantitative estimate of drug-likeness (QED) is 0.806. The summed E-state index contributed by atoms with van der Waals surface area (Å²) in [5.74, 6) is -0.666. The molecule has 0 saturated heterocycles. The SMILES string of the molecule is CNC(=O)c1cc(C(=O)c2ccccc2)no1. The lowest BCUT2D eigenvalue weighted by atomic mass is 10.1. The summed E-state index contributed by atoms with van der Waals surface area (Å²) >= 11 is 0. The van der Waals surface area contributed by atoms with Gasteiger partial charge in [0.1, 0.15) is 0 Å². The molecule has 0 unspecified atom stereocenters. The van der Waals surface area contributed by atoms with Crippen molar-refractivity contribution in [3.8, 4) is 0 Å². The maximum absolute atomic E-state index is 11.9. The minimum Gasteiger partial charge on any atom is -0.352 e. The fourth-order valence-electron chi connectivity index (χ4n) is 1.35. The minimum atomic E-state index is -0.412. The Labute approximate surface area is 97.4 Å². The number of aromatic nitrogens is 1. The number of hydrogen-bond acceptors (Lipinski definition) is 4. The summed E-state index contributed by atoms with van der Waals surface area (Å²) in [6.45, 7) is 0. The van der Waals surface area contributed by atoms with Gasteiger partial charge < -0.3 is 9.84 Å². The largest absolute Gasteiger partial charge is 0.352 e. The summed E-state index contributed by atoms with van der Waals surface area (Å²) in [4.78, 5) is 23.1. The first-order valence-electron chi connectivity index (χ1n) is 5.01. The van der Waals surface area contributed by atoms with Crippen molar-refractivity contribution in [1.29, 1.82) is 0 Å². The third-order valence-electron chi connectivity index (χ3n) is 2.23. The van der Waals surface area contributed by atoms with Crippen molar-refractivity contribution < 1.29 is 14.1 Å². The maximum atomic E-state index is 11.9. The van der Waals surface area contributed by atoms with E-state index in [1.54, 1.807) is 24.3 Å². The van der Waals surface area contributed by atoms with E-state index in [-0.39, 0.29) is 17.2 Å². The molecule has 1 aromatic heterocycles. The average Bonchev–Trinajstić information content (AvgIpc) is 2.87. The molecule has 86 valence electrons. The molecular formula is C12H10N2O3.